The van der Waals surface area contributed by atoms with Crippen molar-refractivity contribution < 1.29 is 4.39 Å². The monoisotopic (exact) mass is 263 g/mol. The summed E-state index contributed by atoms with van der Waals surface area (Å²) in [5, 5.41) is 3.60. The Hall–Kier alpha value is -0.890. The van der Waals surface area contributed by atoms with E-state index in [-0.39, 0.29) is 5.82 Å². The van der Waals surface area contributed by atoms with Crippen molar-refractivity contribution in [2.45, 2.75) is 52.6 Å². The lowest BCUT2D eigenvalue weighted by Gasteiger charge is -2.38. The van der Waals surface area contributed by atoms with Gasteiger partial charge in [0.25, 0.3) is 0 Å². The summed E-state index contributed by atoms with van der Waals surface area (Å²) in [7, 11) is 0. The number of halogens is 1. The molecular weight excluding hydrogens is 237 g/mol. The molecule has 1 N–H and O–H groups in total. The Morgan fingerprint density at radius 2 is 2.00 bits per heavy atom. The highest BCUT2D eigenvalue weighted by Crippen LogP contribution is 2.33. The molecule has 0 heterocycles. The summed E-state index contributed by atoms with van der Waals surface area (Å²) in [6.45, 7) is 7.58. The van der Waals surface area contributed by atoms with Crippen molar-refractivity contribution in [1.29, 1.82) is 0 Å². The lowest BCUT2D eigenvalue weighted by Crippen LogP contribution is -2.42. The summed E-state index contributed by atoms with van der Waals surface area (Å²) in [5.74, 6) is 2.11. The highest BCUT2D eigenvalue weighted by atomic mass is 19.1. The second-order valence-electron chi connectivity index (χ2n) is 6.40. The standard InChI is InChI=1S/C17H26FN/c1-12(2)15-9-8-13(3)10-17(15)19-11-14-6-4-5-7-16(14)18/h4-7,12-13,15,17,19H,8-11H2,1-3H3. The van der Waals surface area contributed by atoms with Gasteiger partial charge in [0.05, 0.1) is 0 Å². The quantitative estimate of drug-likeness (QED) is 0.850. The van der Waals surface area contributed by atoms with Crippen molar-refractivity contribution in [2.24, 2.45) is 17.8 Å². The van der Waals surface area contributed by atoms with Crippen LogP contribution >= 0.6 is 0 Å². The van der Waals surface area contributed by atoms with Gasteiger partial charge in [-0.25, -0.2) is 4.39 Å². The van der Waals surface area contributed by atoms with Crippen LogP contribution in [0, 0.1) is 23.6 Å². The van der Waals surface area contributed by atoms with Gasteiger partial charge in [0.1, 0.15) is 5.82 Å². The van der Waals surface area contributed by atoms with Gasteiger partial charge in [-0.15, -0.1) is 0 Å². The Kier molecular flexibility index (Phi) is 4.98. The van der Waals surface area contributed by atoms with Crippen LogP contribution in [0.5, 0.6) is 0 Å². The van der Waals surface area contributed by atoms with E-state index in [1.54, 1.807) is 12.1 Å². The third-order valence-electron chi connectivity index (χ3n) is 4.53. The first-order valence-corrected chi connectivity index (χ1v) is 7.54. The molecule has 3 unspecified atom stereocenters. The van der Waals surface area contributed by atoms with Gasteiger partial charge in [-0.05, 0) is 36.7 Å². The summed E-state index contributed by atoms with van der Waals surface area (Å²) >= 11 is 0. The van der Waals surface area contributed by atoms with Crippen LogP contribution in [-0.2, 0) is 6.54 Å². The summed E-state index contributed by atoms with van der Waals surface area (Å²) < 4.78 is 13.6. The van der Waals surface area contributed by atoms with Gasteiger partial charge in [-0.1, -0.05) is 45.4 Å². The minimum absolute atomic E-state index is 0.0973. The average Bonchev–Trinajstić information content (AvgIpc) is 2.37. The van der Waals surface area contributed by atoms with Crippen LogP contribution in [0.1, 0.15) is 45.6 Å². The number of nitrogens with one attached hydrogen (secondary N) is 1. The molecule has 2 heteroatoms. The smallest absolute Gasteiger partial charge is 0.127 e. The predicted molar refractivity (Wildman–Crippen MR) is 78.4 cm³/mol. The fourth-order valence-electron chi connectivity index (χ4n) is 3.32. The molecule has 2 rings (SSSR count). The van der Waals surface area contributed by atoms with Crippen molar-refractivity contribution in [1.82, 2.24) is 5.32 Å². The topological polar surface area (TPSA) is 12.0 Å². The molecule has 1 aliphatic carbocycles. The maximum Gasteiger partial charge on any atom is 0.127 e. The molecule has 1 aromatic carbocycles. The van der Waals surface area contributed by atoms with Crippen molar-refractivity contribution in [3.8, 4) is 0 Å². The third kappa shape index (κ3) is 3.79. The minimum atomic E-state index is -0.0973. The Bertz CT molecular complexity index is 402. The minimum Gasteiger partial charge on any atom is -0.310 e. The zero-order chi connectivity index (χ0) is 13.8. The number of hydrogen-bond acceptors (Lipinski definition) is 1. The van der Waals surface area contributed by atoms with Crippen molar-refractivity contribution in [2.75, 3.05) is 0 Å². The van der Waals surface area contributed by atoms with Crippen LogP contribution < -0.4 is 5.32 Å². The summed E-state index contributed by atoms with van der Waals surface area (Å²) in [6, 6.07) is 7.60. The molecule has 0 saturated heterocycles. The molecule has 0 aromatic heterocycles. The molecule has 0 spiro atoms. The van der Waals surface area contributed by atoms with E-state index in [4.69, 9.17) is 0 Å². The van der Waals surface area contributed by atoms with Gasteiger partial charge in [0, 0.05) is 18.2 Å². The molecule has 3 atom stereocenters. The zero-order valence-corrected chi connectivity index (χ0v) is 12.3. The van der Waals surface area contributed by atoms with Crippen LogP contribution in [0.4, 0.5) is 4.39 Å². The predicted octanol–water partition coefficient (Wildman–Crippen LogP) is 4.38. The van der Waals surface area contributed by atoms with Crippen LogP contribution in [0.15, 0.2) is 24.3 Å². The third-order valence-corrected chi connectivity index (χ3v) is 4.53. The van der Waals surface area contributed by atoms with E-state index in [2.05, 4.69) is 26.1 Å². The molecule has 0 aliphatic heterocycles. The van der Waals surface area contributed by atoms with E-state index in [0.29, 0.717) is 18.5 Å². The molecule has 1 aliphatic rings. The first kappa shape index (κ1) is 14.5. The average molecular weight is 263 g/mol. The van der Waals surface area contributed by atoms with Gasteiger partial charge in [0.15, 0.2) is 0 Å². The lowest BCUT2D eigenvalue weighted by atomic mass is 9.74. The molecular formula is C17H26FN. The van der Waals surface area contributed by atoms with Crippen LogP contribution in [0.25, 0.3) is 0 Å². The van der Waals surface area contributed by atoms with Crippen LogP contribution in [0.2, 0.25) is 0 Å². The zero-order valence-electron chi connectivity index (χ0n) is 12.3. The number of rotatable bonds is 4. The molecule has 0 amide bonds. The van der Waals surface area contributed by atoms with Crippen molar-refractivity contribution in [3.05, 3.63) is 35.6 Å². The van der Waals surface area contributed by atoms with Gasteiger partial charge in [-0.2, -0.15) is 0 Å². The largest absolute Gasteiger partial charge is 0.310 e. The first-order valence-electron chi connectivity index (χ1n) is 7.54. The second-order valence-corrected chi connectivity index (χ2v) is 6.40. The Labute approximate surface area is 116 Å². The van der Waals surface area contributed by atoms with Crippen molar-refractivity contribution >= 4 is 0 Å². The maximum absolute atomic E-state index is 13.6. The fourth-order valence-corrected chi connectivity index (χ4v) is 3.32. The Morgan fingerprint density at radius 3 is 2.68 bits per heavy atom. The molecule has 1 nitrogen and oxygen atoms in total. The molecule has 0 bridgehead atoms. The highest BCUT2D eigenvalue weighted by molar-refractivity contribution is 5.17. The van der Waals surface area contributed by atoms with E-state index in [0.717, 1.165) is 17.4 Å². The SMILES string of the molecule is CC1CCC(C(C)C)C(NCc2ccccc2F)C1. The second kappa shape index (κ2) is 6.51. The fraction of sp³-hybridized carbons (Fsp3) is 0.647. The Balaban J connectivity index is 1.97. The maximum atomic E-state index is 13.6. The van der Waals surface area contributed by atoms with E-state index in [1.165, 1.54) is 19.3 Å². The number of hydrogen-bond donors (Lipinski definition) is 1. The van der Waals surface area contributed by atoms with Crippen LogP contribution in [-0.4, -0.2) is 6.04 Å². The Morgan fingerprint density at radius 1 is 1.26 bits per heavy atom. The lowest BCUT2D eigenvalue weighted by molar-refractivity contribution is 0.169. The van der Waals surface area contributed by atoms with Gasteiger partial charge < -0.3 is 5.32 Å². The summed E-state index contributed by atoms with van der Waals surface area (Å²) in [4.78, 5) is 0. The van der Waals surface area contributed by atoms with Gasteiger partial charge in [0.2, 0.25) is 0 Å². The molecule has 106 valence electrons. The molecule has 1 fully saturated rings. The van der Waals surface area contributed by atoms with Crippen LogP contribution in [0.3, 0.4) is 0 Å². The molecule has 19 heavy (non-hydrogen) atoms. The van der Waals surface area contributed by atoms with E-state index in [9.17, 15) is 4.39 Å². The van der Waals surface area contributed by atoms with Gasteiger partial charge in [-0.3, -0.25) is 0 Å². The highest BCUT2D eigenvalue weighted by Gasteiger charge is 2.30. The van der Waals surface area contributed by atoms with E-state index >= 15 is 0 Å². The molecule has 0 radical (unpaired) electrons. The summed E-state index contributed by atoms with van der Waals surface area (Å²) in [6.07, 6.45) is 3.85. The normalized spacial score (nSPS) is 27.7. The summed E-state index contributed by atoms with van der Waals surface area (Å²) in [5.41, 5.74) is 0.781. The molecule has 1 saturated carbocycles. The number of benzene rings is 1. The van der Waals surface area contributed by atoms with E-state index < -0.39 is 0 Å². The molecule has 1 aromatic rings. The van der Waals surface area contributed by atoms with Crippen molar-refractivity contribution in [3.63, 3.8) is 0 Å². The van der Waals surface area contributed by atoms with E-state index in [1.807, 2.05) is 12.1 Å². The van der Waals surface area contributed by atoms with Gasteiger partial charge >= 0.3 is 0 Å². The first-order chi connectivity index (χ1) is 9.08.